The SMILES string of the molecule is COc1cncc(-n2nc(C)c(N)c2C)n1. The molecule has 2 N–H and O–H groups in total. The van der Waals surface area contributed by atoms with Crippen molar-refractivity contribution in [2.45, 2.75) is 13.8 Å². The van der Waals surface area contributed by atoms with Gasteiger partial charge in [0.15, 0.2) is 5.82 Å². The van der Waals surface area contributed by atoms with Crippen molar-refractivity contribution in [1.29, 1.82) is 0 Å². The molecule has 2 rings (SSSR count). The fourth-order valence-corrected chi connectivity index (χ4v) is 1.42. The van der Waals surface area contributed by atoms with E-state index >= 15 is 0 Å². The van der Waals surface area contributed by atoms with Crippen LogP contribution < -0.4 is 10.5 Å². The third kappa shape index (κ3) is 1.58. The summed E-state index contributed by atoms with van der Waals surface area (Å²) in [5, 5.41) is 4.29. The summed E-state index contributed by atoms with van der Waals surface area (Å²) >= 11 is 0. The van der Waals surface area contributed by atoms with E-state index in [9.17, 15) is 0 Å². The van der Waals surface area contributed by atoms with Gasteiger partial charge in [0.2, 0.25) is 5.88 Å². The van der Waals surface area contributed by atoms with E-state index in [1.54, 1.807) is 24.2 Å². The molecule has 84 valence electrons. The number of nitrogen functional groups attached to an aromatic ring is 1. The van der Waals surface area contributed by atoms with E-state index < -0.39 is 0 Å². The highest BCUT2D eigenvalue weighted by atomic mass is 16.5. The fourth-order valence-electron chi connectivity index (χ4n) is 1.42. The molecule has 0 radical (unpaired) electrons. The molecule has 0 aliphatic heterocycles. The van der Waals surface area contributed by atoms with Gasteiger partial charge in [0, 0.05) is 0 Å². The Morgan fingerprint density at radius 2 is 2.06 bits per heavy atom. The van der Waals surface area contributed by atoms with E-state index in [1.807, 2.05) is 13.8 Å². The second-order valence-corrected chi connectivity index (χ2v) is 3.42. The highest BCUT2D eigenvalue weighted by molar-refractivity contribution is 5.49. The van der Waals surface area contributed by atoms with Crippen molar-refractivity contribution in [1.82, 2.24) is 19.7 Å². The van der Waals surface area contributed by atoms with Gasteiger partial charge in [-0.1, -0.05) is 0 Å². The van der Waals surface area contributed by atoms with Crippen LogP contribution in [-0.2, 0) is 0 Å². The molecule has 0 aliphatic rings. The van der Waals surface area contributed by atoms with Gasteiger partial charge in [-0.15, -0.1) is 0 Å². The summed E-state index contributed by atoms with van der Waals surface area (Å²) in [6.45, 7) is 3.74. The lowest BCUT2D eigenvalue weighted by atomic mass is 10.3. The van der Waals surface area contributed by atoms with Gasteiger partial charge in [-0.25, -0.2) is 4.68 Å². The minimum Gasteiger partial charge on any atom is -0.480 e. The van der Waals surface area contributed by atoms with Gasteiger partial charge < -0.3 is 10.5 Å². The second kappa shape index (κ2) is 3.80. The van der Waals surface area contributed by atoms with E-state index in [4.69, 9.17) is 10.5 Å². The zero-order valence-corrected chi connectivity index (χ0v) is 9.43. The van der Waals surface area contributed by atoms with Gasteiger partial charge in [0.25, 0.3) is 0 Å². The Hall–Kier alpha value is -2.11. The lowest BCUT2D eigenvalue weighted by Gasteiger charge is -2.04. The summed E-state index contributed by atoms with van der Waals surface area (Å²) in [6.07, 6.45) is 3.15. The van der Waals surface area contributed by atoms with Gasteiger partial charge in [-0.3, -0.25) is 4.98 Å². The van der Waals surface area contributed by atoms with Gasteiger partial charge in [0.05, 0.1) is 36.6 Å². The molecule has 0 atom stereocenters. The first-order valence-corrected chi connectivity index (χ1v) is 4.81. The van der Waals surface area contributed by atoms with Crippen LogP contribution in [0.3, 0.4) is 0 Å². The van der Waals surface area contributed by atoms with Crippen molar-refractivity contribution < 1.29 is 4.74 Å². The lowest BCUT2D eigenvalue weighted by molar-refractivity contribution is 0.394. The number of hydrogen-bond acceptors (Lipinski definition) is 5. The molecule has 2 aromatic rings. The molecule has 0 saturated carbocycles. The first kappa shape index (κ1) is 10.4. The number of hydrogen-bond donors (Lipinski definition) is 1. The quantitative estimate of drug-likeness (QED) is 0.810. The number of nitrogens with two attached hydrogens (primary N) is 1. The Bertz CT molecular complexity index is 520. The zero-order valence-electron chi connectivity index (χ0n) is 9.43. The maximum Gasteiger partial charge on any atom is 0.234 e. The highest BCUT2D eigenvalue weighted by Crippen LogP contribution is 2.18. The van der Waals surface area contributed by atoms with Crippen LogP contribution >= 0.6 is 0 Å². The number of anilines is 1. The summed E-state index contributed by atoms with van der Waals surface area (Å²) in [7, 11) is 1.54. The molecule has 6 heteroatoms. The van der Waals surface area contributed by atoms with E-state index in [2.05, 4.69) is 15.1 Å². The van der Waals surface area contributed by atoms with Crippen LogP contribution in [0.1, 0.15) is 11.4 Å². The molecule has 16 heavy (non-hydrogen) atoms. The lowest BCUT2D eigenvalue weighted by Crippen LogP contribution is -2.04. The average Bonchev–Trinajstić information content (AvgIpc) is 2.57. The molecule has 0 saturated heterocycles. The van der Waals surface area contributed by atoms with E-state index in [1.165, 1.54) is 0 Å². The standard InChI is InChI=1S/C10H13N5O/c1-6-10(11)7(2)15(14-6)8-4-12-5-9(13-8)16-3/h4-5H,11H2,1-3H3. The van der Waals surface area contributed by atoms with Crippen LogP contribution in [0.5, 0.6) is 5.88 Å². The predicted octanol–water partition coefficient (Wildman–Crippen LogP) is 0.870. The summed E-state index contributed by atoms with van der Waals surface area (Å²) in [6, 6.07) is 0. The molecule has 0 fully saturated rings. The molecule has 0 aliphatic carbocycles. The maximum atomic E-state index is 5.85. The van der Waals surface area contributed by atoms with Crippen LogP contribution in [0.15, 0.2) is 12.4 Å². The molecule has 0 unspecified atom stereocenters. The minimum absolute atomic E-state index is 0.448. The average molecular weight is 219 g/mol. The maximum absolute atomic E-state index is 5.85. The summed E-state index contributed by atoms with van der Waals surface area (Å²) in [5.41, 5.74) is 8.15. The van der Waals surface area contributed by atoms with E-state index in [0.29, 0.717) is 17.4 Å². The van der Waals surface area contributed by atoms with Crippen molar-refractivity contribution in [2.24, 2.45) is 0 Å². The number of aromatic nitrogens is 4. The number of aryl methyl sites for hydroxylation is 1. The van der Waals surface area contributed by atoms with Gasteiger partial charge in [-0.2, -0.15) is 10.1 Å². The Labute approximate surface area is 93.1 Å². The van der Waals surface area contributed by atoms with Crippen LogP contribution in [-0.4, -0.2) is 26.9 Å². The molecule has 2 aromatic heterocycles. The van der Waals surface area contributed by atoms with Gasteiger partial charge in [-0.05, 0) is 13.8 Å². The normalized spacial score (nSPS) is 10.4. The van der Waals surface area contributed by atoms with Crippen molar-refractivity contribution >= 4 is 5.69 Å². The monoisotopic (exact) mass is 219 g/mol. The molecule has 6 nitrogen and oxygen atoms in total. The minimum atomic E-state index is 0.448. The topological polar surface area (TPSA) is 78.8 Å². The third-order valence-electron chi connectivity index (χ3n) is 2.37. The Morgan fingerprint density at radius 1 is 1.31 bits per heavy atom. The number of rotatable bonds is 2. The van der Waals surface area contributed by atoms with E-state index in [-0.39, 0.29) is 0 Å². The van der Waals surface area contributed by atoms with Crippen molar-refractivity contribution in [3.05, 3.63) is 23.8 Å². The van der Waals surface area contributed by atoms with Gasteiger partial charge in [0.1, 0.15) is 0 Å². The first-order valence-electron chi connectivity index (χ1n) is 4.81. The van der Waals surface area contributed by atoms with Crippen LogP contribution in [0.25, 0.3) is 5.82 Å². The highest BCUT2D eigenvalue weighted by Gasteiger charge is 2.11. The molecule has 0 amide bonds. The molecule has 0 bridgehead atoms. The van der Waals surface area contributed by atoms with Crippen molar-refractivity contribution in [3.63, 3.8) is 0 Å². The van der Waals surface area contributed by atoms with Crippen molar-refractivity contribution in [2.75, 3.05) is 12.8 Å². The Kier molecular flexibility index (Phi) is 2.47. The van der Waals surface area contributed by atoms with Crippen LogP contribution in [0.4, 0.5) is 5.69 Å². The molecule has 0 aromatic carbocycles. The molecule has 0 spiro atoms. The van der Waals surface area contributed by atoms with Crippen molar-refractivity contribution in [3.8, 4) is 11.7 Å². The summed E-state index contributed by atoms with van der Waals surface area (Å²) < 4.78 is 6.66. The summed E-state index contributed by atoms with van der Waals surface area (Å²) in [5.74, 6) is 1.04. The molecular weight excluding hydrogens is 206 g/mol. The van der Waals surface area contributed by atoms with Crippen LogP contribution in [0, 0.1) is 13.8 Å². The van der Waals surface area contributed by atoms with E-state index in [0.717, 1.165) is 11.4 Å². The smallest absolute Gasteiger partial charge is 0.234 e. The number of ether oxygens (including phenoxy) is 1. The molecular formula is C10H13N5O. The Morgan fingerprint density at radius 3 is 2.62 bits per heavy atom. The zero-order chi connectivity index (χ0) is 11.7. The largest absolute Gasteiger partial charge is 0.480 e. The van der Waals surface area contributed by atoms with Gasteiger partial charge >= 0.3 is 0 Å². The Balaban J connectivity index is 2.54. The number of methoxy groups -OCH3 is 1. The third-order valence-corrected chi connectivity index (χ3v) is 2.37. The molecule has 2 heterocycles. The van der Waals surface area contributed by atoms with Crippen LogP contribution in [0.2, 0.25) is 0 Å². The second-order valence-electron chi connectivity index (χ2n) is 3.42. The fraction of sp³-hybridized carbons (Fsp3) is 0.300. The first-order chi connectivity index (χ1) is 7.63. The number of nitrogens with zero attached hydrogens (tertiary/aromatic N) is 4. The predicted molar refractivity (Wildman–Crippen MR) is 59.6 cm³/mol. The summed E-state index contributed by atoms with van der Waals surface area (Å²) in [4.78, 5) is 8.26.